The van der Waals surface area contributed by atoms with E-state index in [1.807, 2.05) is 0 Å². The van der Waals surface area contributed by atoms with Crippen LogP contribution in [-0.4, -0.2) is 12.6 Å². The minimum absolute atomic E-state index is 0.644. The minimum atomic E-state index is 0.644. The Morgan fingerprint density at radius 1 is 1.06 bits per heavy atom. The smallest absolute Gasteiger partial charge is 0.00932 e. The molecule has 0 heterocycles. The Labute approximate surface area is 113 Å². The number of aryl methyl sites for hydroxylation is 3. The van der Waals surface area contributed by atoms with Gasteiger partial charge in [0, 0.05) is 6.04 Å². The van der Waals surface area contributed by atoms with Gasteiger partial charge in [-0.1, -0.05) is 50.1 Å². The van der Waals surface area contributed by atoms with Crippen LogP contribution in [0.5, 0.6) is 0 Å². The zero-order valence-electron chi connectivity index (χ0n) is 12.7. The third-order valence-corrected chi connectivity index (χ3v) is 3.49. The minimum Gasteiger partial charge on any atom is -0.314 e. The fourth-order valence-electron chi connectivity index (χ4n) is 2.54. The number of hydrogen-bond donors (Lipinski definition) is 1. The molecule has 1 atom stereocenters. The third kappa shape index (κ3) is 5.22. The van der Waals surface area contributed by atoms with Crippen molar-refractivity contribution in [2.24, 2.45) is 5.92 Å². The van der Waals surface area contributed by atoms with E-state index in [4.69, 9.17) is 0 Å². The Morgan fingerprint density at radius 3 is 2.17 bits per heavy atom. The predicted octanol–water partition coefficient (Wildman–Crippen LogP) is 4.26. The standard InChI is InChI=1S/C17H29N/c1-6-9-18-17(13(2)3)8-7-16-11-14(4)10-15(5)12-16/h10-13,17-18H,6-9H2,1-5H3. The quantitative estimate of drug-likeness (QED) is 0.759. The highest BCUT2D eigenvalue weighted by Crippen LogP contribution is 2.14. The van der Waals surface area contributed by atoms with Gasteiger partial charge in [-0.2, -0.15) is 0 Å². The SMILES string of the molecule is CCCNC(CCc1cc(C)cc(C)c1)C(C)C. The highest BCUT2D eigenvalue weighted by molar-refractivity contribution is 5.28. The summed E-state index contributed by atoms with van der Waals surface area (Å²) in [7, 11) is 0. The first-order valence-corrected chi connectivity index (χ1v) is 7.33. The topological polar surface area (TPSA) is 12.0 Å². The van der Waals surface area contributed by atoms with Crippen LogP contribution in [0.2, 0.25) is 0 Å². The zero-order valence-corrected chi connectivity index (χ0v) is 12.7. The molecule has 1 N–H and O–H groups in total. The first-order chi connectivity index (χ1) is 8.52. The Bertz CT molecular complexity index is 334. The fourth-order valence-corrected chi connectivity index (χ4v) is 2.54. The van der Waals surface area contributed by atoms with E-state index in [0.717, 1.165) is 6.54 Å². The largest absolute Gasteiger partial charge is 0.314 e. The molecule has 1 heteroatoms. The molecule has 0 bridgehead atoms. The number of rotatable bonds is 7. The molecule has 0 aliphatic heterocycles. The van der Waals surface area contributed by atoms with E-state index in [2.05, 4.69) is 58.1 Å². The summed E-state index contributed by atoms with van der Waals surface area (Å²) in [5, 5.41) is 3.67. The summed E-state index contributed by atoms with van der Waals surface area (Å²) in [6.45, 7) is 12.4. The van der Waals surface area contributed by atoms with Crippen molar-refractivity contribution in [3.05, 3.63) is 34.9 Å². The predicted molar refractivity (Wildman–Crippen MR) is 81.2 cm³/mol. The average molecular weight is 247 g/mol. The van der Waals surface area contributed by atoms with Gasteiger partial charge < -0.3 is 5.32 Å². The highest BCUT2D eigenvalue weighted by Gasteiger charge is 2.12. The van der Waals surface area contributed by atoms with Crippen LogP contribution in [0.25, 0.3) is 0 Å². The molecule has 0 saturated carbocycles. The molecule has 1 aromatic carbocycles. The van der Waals surface area contributed by atoms with E-state index in [-0.39, 0.29) is 0 Å². The molecule has 102 valence electrons. The zero-order chi connectivity index (χ0) is 13.5. The van der Waals surface area contributed by atoms with Crippen molar-refractivity contribution in [3.63, 3.8) is 0 Å². The highest BCUT2D eigenvalue weighted by atomic mass is 14.9. The van der Waals surface area contributed by atoms with Crippen LogP contribution in [0.3, 0.4) is 0 Å². The van der Waals surface area contributed by atoms with E-state index in [9.17, 15) is 0 Å². The molecule has 1 rings (SSSR count). The van der Waals surface area contributed by atoms with E-state index >= 15 is 0 Å². The molecular weight excluding hydrogens is 218 g/mol. The van der Waals surface area contributed by atoms with Gasteiger partial charge in [-0.3, -0.25) is 0 Å². The van der Waals surface area contributed by atoms with Gasteiger partial charge in [-0.15, -0.1) is 0 Å². The van der Waals surface area contributed by atoms with E-state index < -0.39 is 0 Å². The van der Waals surface area contributed by atoms with Crippen molar-refractivity contribution < 1.29 is 0 Å². The average Bonchev–Trinajstić information content (AvgIpc) is 2.27. The van der Waals surface area contributed by atoms with Gasteiger partial charge in [-0.05, 0) is 51.1 Å². The molecule has 1 unspecified atom stereocenters. The van der Waals surface area contributed by atoms with Crippen molar-refractivity contribution in [2.45, 2.75) is 59.9 Å². The van der Waals surface area contributed by atoms with Gasteiger partial charge in [0.15, 0.2) is 0 Å². The van der Waals surface area contributed by atoms with Gasteiger partial charge in [-0.25, -0.2) is 0 Å². The molecule has 0 saturated heterocycles. The molecule has 0 fully saturated rings. The number of benzene rings is 1. The van der Waals surface area contributed by atoms with E-state index in [1.165, 1.54) is 36.0 Å². The van der Waals surface area contributed by atoms with Gasteiger partial charge in [0.25, 0.3) is 0 Å². The molecule has 0 aliphatic rings. The summed E-state index contributed by atoms with van der Waals surface area (Å²) in [6, 6.07) is 7.54. The lowest BCUT2D eigenvalue weighted by molar-refractivity contribution is 0.378. The molecule has 0 aliphatic carbocycles. The molecule has 18 heavy (non-hydrogen) atoms. The van der Waals surface area contributed by atoms with Gasteiger partial charge >= 0.3 is 0 Å². The Morgan fingerprint density at radius 2 is 1.67 bits per heavy atom. The van der Waals surface area contributed by atoms with Crippen LogP contribution in [0.1, 0.15) is 50.3 Å². The lowest BCUT2D eigenvalue weighted by atomic mass is 9.95. The van der Waals surface area contributed by atoms with Crippen LogP contribution in [0.15, 0.2) is 18.2 Å². The van der Waals surface area contributed by atoms with Crippen LogP contribution in [0, 0.1) is 19.8 Å². The van der Waals surface area contributed by atoms with E-state index in [0.29, 0.717) is 12.0 Å². The lowest BCUT2D eigenvalue weighted by Gasteiger charge is -2.22. The maximum absolute atomic E-state index is 3.67. The van der Waals surface area contributed by atoms with Crippen molar-refractivity contribution in [2.75, 3.05) is 6.54 Å². The summed E-state index contributed by atoms with van der Waals surface area (Å²) in [6.07, 6.45) is 3.63. The summed E-state index contributed by atoms with van der Waals surface area (Å²) < 4.78 is 0. The fraction of sp³-hybridized carbons (Fsp3) is 0.647. The number of hydrogen-bond acceptors (Lipinski definition) is 1. The molecule has 0 amide bonds. The lowest BCUT2D eigenvalue weighted by Crippen LogP contribution is -2.34. The normalized spacial score (nSPS) is 13.0. The maximum Gasteiger partial charge on any atom is 0.00932 e. The van der Waals surface area contributed by atoms with Crippen molar-refractivity contribution in [1.82, 2.24) is 5.32 Å². The van der Waals surface area contributed by atoms with Crippen molar-refractivity contribution >= 4 is 0 Å². The molecule has 0 aromatic heterocycles. The Hall–Kier alpha value is -0.820. The van der Waals surface area contributed by atoms with Crippen LogP contribution in [0.4, 0.5) is 0 Å². The second kappa shape index (κ2) is 7.58. The maximum atomic E-state index is 3.67. The Balaban J connectivity index is 2.55. The van der Waals surface area contributed by atoms with Gasteiger partial charge in [0.2, 0.25) is 0 Å². The van der Waals surface area contributed by atoms with Gasteiger partial charge in [0.05, 0.1) is 0 Å². The Kier molecular flexibility index (Phi) is 6.42. The molecule has 1 aromatic rings. The summed E-state index contributed by atoms with van der Waals surface area (Å²) >= 11 is 0. The first kappa shape index (κ1) is 15.2. The van der Waals surface area contributed by atoms with Crippen molar-refractivity contribution in [1.29, 1.82) is 0 Å². The first-order valence-electron chi connectivity index (χ1n) is 7.33. The summed E-state index contributed by atoms with van der Waals surface area (Å²) in [5.41, 5.74) is 4.25. The van der Waals surface area contributed by atoms with Crippen LogP contribution < -0.4 is 5.32 Å². The molecular formula is C17H29N. The molecule has 0 radical (unpaired) electrons. The number of nitrogens with one attached hydrogen (secondary N) is 1. The van der Waals surface area contributed by atoms with Gasteiger partial charge in [0.1, 0.15) is 0 Å². The summed E-state index contributed by atoms with van der Waals surface area (Å²) in [4.78, 5) is 0. The molecule has 1 nitrogen and oxygen atoms in total. The van der Waals surface area contributed by atoms with Crippen molar-refractivity contribution in [3.8, 4) is 0 Å². The molecule has 0 spiro atoms. The van der Waals surface area contributed by atoms with Crippen LogP contribution >= 0.6 is 0 Å². The van der Waals surface area contributed by atoms with Crippen LogP contribution in [-0.2, 0) is 6.42 Å². The third-order valence-electron chi connectivity index (χ3n) is 3.49. The monoisotopic (exact) mass is 247 g/mol. The van der Waals surface area contributed by atoms with E-state index in [1.54, 1.807) is 0 Å². The summed E-state index contributed by atoms with van der Waals surface area (Å²) in [5.74, 6) is 0.711. The second-order valence-electron chi connectivity index (χ2n) is 5.84. The second-order valence-corrected chi connectivity index (χ2v) is 5.84.